The van der Waals surface area contributed by atoms with Crippen LogP contribution in [0.3, 0.4) is 0 Å². The van der Waals surface area contributed by atoms with Crippen molar-refractivity contribution in [3.8, 4) is 0 Å². The number of carboxylic acids is 1. The Morgan fingerprint density at radius 2 is 2.17 bits per heavy atom. The molecule has 1 aliphatic heterocycles. The molecule has 0 bridgehead atoms. The summed E-state index contributed by atoms with van der Waals surface area (Å²) in [5, 5.41) is 9.85. The molecule has 98 valence electrons. The summed E-state index contributed by atoms with van der Waals surface area (Å²) < 4.78 is 0. The van der Waals surface area contributed by atoms with Gasteiger partial charge >= 0.3 is 5.97 Å². The van der Waals surface area contributed by atoms with Gasteiger partial charge in [0.15, 0.2) is 0 Å². The Labute approximate surface area is 116 Å². The van der Waals surface area contributed by atoms with Gasteiger partial charge in [0, 0.05) is 12.6 Å². The first-order chi connectivity index (χ1) is 8.58. The zero-order chi connectivity index (χ0) is 13.1. The van der Waals surface area contributed by atoms with Crippen LogP contribution in [-0.2, 0) is 4.79 Å². The van der Waals surface area contributed by atoms with E-state index in [0.29, 0.717) is 16.6 Å². The van der Waals surface area contributed by atoms with E-state index in [2.05, 4.69) is 4.90 Å². The molecular weight excluding hydrogens is 273 g/mol. The van der Waals surface area contributed by atoms with Gasteiger partial charge in [-0.15, -0.1) is 0 Å². The van der Waals surface area contributed by atoms with Crippen molar-refractivity contribution in [3.63, 3.8) is 0 Å². The Bertz CT molecular complexity index is 451. The molecule has 0 aliphatic carbocycles. The monoisotopic (exact) mass is 287 g/mol. The summed E-state index contributed by atoms with van der Waals surface area (Å²) in [6.07, 6.45) is 2.31. The summed E-state index contributed by atoms with van der Waals surface area (Å²) in [5.41, 5.74) is 1.12. The zero-order valence-electron chi connectivity index (χ0n) is 9.90. The summed E-state index contributed by atoms with van der Waals surface area (Å²) in [6.45, 7) is 1.53. The first-order valence-electron chi connectivity index (χ1n) is 5.98. The number of likely N-dealkylation sites (tertiary alicyclic amines) is 1. The topological polar surface area (TPSA) is 40.5 Å². The molecule has 1 atom stereocenters. The first-order valence-corrected chi connectivity index (χ1v) is 6.74. The van der Waals surface area contributed by atoms with Crippen molar-refractivity contribution in [2.45, 2.75) is 25.3 Å². The number of hydrogen-bond donors (Lipinski definition) is 1. The smallest absolute Gasteiger partial charge is 0.304 e. The van der Waals surface area contributed by atoms with Gasteiger partial charge in [-0.05, 0) is 37.1 Å². The molecule has 18 heavy (non-hydrogen) atoms. The van der Waals surface area contributed by atoms with Crippen LogP contribution in [0.25, 0.3) is 0 Å². The SMILES string of the molecule is O=C(O)CCN1CCCC1c1ccc(Cl)c(Cl)c1. The van der Waals surface area contributed by atoms with Gasteiger partial charge in [-0.1, -0.05) is 29.3 Å². The van der Waals surface area contributed by atoms with Gasteiger partial charge in [0.2, 0.25) is 0 Å². The van der Waals surface area contributed by atoms with E-state index >= 15 is 0 Å². The Morgan fingerprint density at radius 3 is 2.83 bits per heavy atom. The van der Waals surface area contributed by atoms with E-state index in [1.54, 1.807) is 6.07 Å². The van der Waals surface area contributed by atoms with E-state index in [-0.39, 0.29) is 12.5 Å². The molecule has 1 aromatic carbocycles. The number of carbonyl (C=O) groups is 1. The molecule has 1 fully saturated rings. The fourth-order valence-corrected chi connectivity index (χ4v) is 2.74. The highest BCUT2D eigenvalue weighted by Gasteiger charge is 2.26. The van der Waals surface area contributed by atoms with Crippen molar-refractivity contribution in [1.29, 1.82) is 0 Å². The predicted molar refractivity (Wildman–Crippen MR) is 72.3 cm³/mol. The predicted octanol–water partition coefficient (Wildman–Crippen LogP) is 3.61. The standard InChI is InChI=1S/C13H15Cl2NO2/c14-10-4-3-9(8-11(10)15)12-2-1-6-16(12)7-5-13(17)18/h3-4,8,12H,1-2,5-7H2,(H,17,18). The number of hydrogen-bond acceptors (Lipinski definition) is 2. The zero-order valence-corrected chi connectivity index (χ0v) is 11.4. The van der Waals surface area contributed by atoms with Crippen LogP contribution in [0.5, 0.6) is 0 Å². The number of rotatable bonds is 4. The summed E-state index contributed by atoms with van der Waals surface area (Å²) in [5.74, 6) is -0.755. The van der Waals surface area contributed by atoms with Crippen molar-refractivity contribution in [3.05, 3.63) is 33.8 Å². The second kappa shape index (κ2) is 5.91. The van der Waals surface area contributed by atoms with Crippen LogP contribution < -0.4 is 0 Å². The molecule has 0 amide bonds. The molecule has 1 aromatic rings. The molecule has 0 spiro atoms. The van der Waals surface area contributed by atoms with Gasteiger partial charge in [-0.2, -0.15) is 0 Å². The molecule has 1 saturated heterocycles. The van der Waals surface area contributed by atoms with E-state index in [9.17, 15) is 4.79 Å². The van der Waals surface area contributed by atoms with Crippen molar-refractivity contribution >= 4 is 29.2 Å². The summed E-state index contributed by atoms with van der Waals surface area (Å²) in [4.78, 5) is 12.8. The molecule has 1 unspecified atom stereocenters. The third-order valence-electron chi connectivity index (χ3n) is 3.30. The molecule has 0 radical (unpaired) electrons. The number of carboxylic acid groups (broad SMARTS) is 1. The molecule has 0 saturated carbocycles. The average molecular weight is 288 g/mol. The molecular formula is C13H15Cl2NO2. The van der Waals surface area contributed by atoms with E-state index in [0.717, 1.165) is 24.9 Å². The van der Waals surface area contributed by atoms with E-state index in [1.807, 2.05) is 12.1 Å². The molecule has 1 aliphatic rings. The molecule has 3 nitrogen and oxygen atoms in total. The van der Waals surface area contributed by atoms with Crippen LogP contribution in [0, 0.1) is 0 Å². The average Bonchev–Trinajstić information content (AvgIpc) is 2.78. The van der Waals surface area contributed by atoms with E-state index in [1.165, 1.54) is 0 Å². The Balaban J connectivity index is 2.10. The van der Waals surface area contributed by atoms with Crippen molar-refractivity contribution < 1.29 is 9.90 Å². The summed E-state index contributed by atoms with van der Waals surface area (Å²) >= 11 is 11.9. The van der Waals surface area contributed by atoms with Gasteiger partial charge in [0.1, 0.15) is 0 Å². The van der Waals surface area contributed by atoms with Crippen LogP contribution in [0.1, 0.15) is 30.9 Å². The second-order valence-electron chi connectivity index (χ2n) is 4.51. The van der Waals surface area contributed by atoms with Gasteiger partial charge in [0.05, 0.1) is 16.5 Å². The maximum Gasteiger partial charge on any atom is 0.304 e. The highest BCUT2D eigenvalue weighted by atomic mass is 35.5. The van der Waals surface area contributed by atoms with E-state index in [4.69, 9.17) is 28.3 Å². The highest BCUT2D eigenvalue weighted by Crippen LogP contribution is 2.34. The van der Waals surface area contributed by atoms with Gasteiger partial charge < -0.3 is 5.11 Å². The fraction of sp³-hybridized carbons (Fsp3) is 0.462. The maximum absolute atomic E-state index is 10.6. The Morgan fingerprint density at radius 1 is 1.39 bits per heavy atom. The first kappa shape index (κ1) is 13.7. The Kier molecular flexibility index (Phi) is 4.49. The molecule has 5 heteroatoms. The Hall–Kier alpha value is -0.770. The van der Waals surface area contributed by atoms with Crippen molar-refractivity contribution in [1.82, 2.24) is 4.90 Å². The number of aliphatic carboxylic acids is 1. The van der Waals surface area contributed by atoms with Gasteiger partial charge in [-0.25, -0.2) is 0 Å². The molecule has 1 heterocycles. The van der Waals surface area contributed by atoms with Crippen molar-refractivity contribution in [2.75, 3.05) is 13.1 Å². The minimum Gasteiger partial charge on any atom is -0.481 e. The van der Waals surface area contributed by atoms with E-state index < -0.39 is 5.97 Å². The lowest BCUT2D eigenvalue weighted by Crippen LogP contribution is -2.26. The van der Waals surface area contributed by atoms with Crippen LogP contribution in [0.4, 0.5) is 0 Å². The van der Waals surface area contributed by atoms with Gasteiger partial charge in [0.25, 0.3) is 0 Å². The highest BCUT2D eigenvalue weighted by molar-refractivity contribution is 6.42. The minimum atomic E-state index is -0.755. The number of benzene rings is 1. The van der Waals surface area contributed by atoms with Crippen LogP contribution >= 0.6 is 23.2 Å². The van der Waals surface area contributed by atoms with Crippen LogP contribution in [0.15, 0.2) is 18.2 Å². The maximum atomic E-state index is 10.6. The fourth-order valence-electron chi connectivity index (χ4n) is 2.43. The normalized spacial score (nSPS) is 20.2. The van der Waals surface area contributed by atoms with Gasteiger partial charge in [-0.3, -0.25) is 9.69 Å². The molecule has 0 aromatic heterocycles. The largest absolute Gasteiger partial charge is 0.481 e. The molecule has 2 rings (SSSR count). The second-order valence-corrected chi connectivity index (χ2v) is 5.33. The summed E-state index contributed by atoms with van der Waals surface area (Å²) in [7, 11) is 0. The lowest BCUT2D eigenvalue weighted by molar-refractivity contribution is -0.137. The van der Waals surface area contributed by atoms with Crippen molar-refractivity contribution in [2.24, 2.45) is 0 Å². The quantitative estimate of drug-likeness (QED) is 0.920. The number of halogens is 2. The van der Waals surface area contributed by atoms with Crippen LogP contribution in [-0.4, -0.2) is 29.1 Å². The number of nitrogens with zero attached hydrogens (tertiary/aromatic N) is 1. The molecule has 1 N–H and O–H groups in total. The lowest BCUT2D eigenvalue weighted by Gasteiger charge is -2.24. The lowest BCUT2D eigenvalue weighted by atomic mass is 10.0. The third-order valence-corrected chi connectivity index (χ3v) is 4.04. The summed E-state index contributed by atoms with van der Waals surface area (Å²) in [6, 6.07) is 5.91. The third kappa shape index (κ3) is 3.16. The minimum absolute atomic E-state index is 0.178. The van der Waals surface area contributed by atoms with Crippen LogP contribution in [0.2, 0.25) is 10.0 Å².